The van der Waals surface area contributed by atoms with Crippen molar-refractivity contribution in [2.45, 2.75) is 49.6 Å². The van der Waals surface area contributed by atoms with E-state index in [0.29, 0.717) is 18.0 Å². The van der Waals surface area contributed by atoms with Crippen LogP contribution >= 0.6 is 11.3 Å². The van der Waals surface area contributed by atoms with Crippen molar-refractivity contribution in [2.75, 3.05) is 26.2 Å². The van der Waals surface area contributed by atoms with Crippen LogP contribution < -0.4 is 5.32 Å². The summed E-state index contributed by atoms with van der Waals surface area (Å²) in [6.07, 6.45) is 4.75. The molecule has 30 heavy (non-hydrogen) atoms. The van der Waals surface area contributed by atoms with Gasteiger partial charge < -0.3 is 5.32 Å². The van der Waals surface area contributed by atoms with Gasteiger partial charge in [0.25, 0.3) is 5.91 Å². The van der Waals surface area contributed by atoms with Crippen LogP contribution in [0.3, 0.4) is 0 Å². The van der Waals surface area contributed by atoms with E-state index in [2.05, 4.69) is 22.3 Å². The maximum atomic E-state index is 13.1. The van der Waals surface area contributed by atoms with E-state index in [1.54, 1.807) is 11.4 Å². The number of carbonyl (C=O) groups excluding carboxylic acids is 1. The summed E-state index contributed by atoms with van der Waals surface area (Å²) in [5, 5.41) is 4.80. The Balaban J connectivity index is 1.41. The third-order valence-electron chi connectivity index (χ3n) is 5.86. The van der Waals surface area contributed by atoms with Gasteiger partial charge in [-0.1, -0.05) is 36.8 Å². The first-order valence-electron chi connectivity index (χ1n) is 10.7. The van der Waals surface area contributed by atoms with Crippen molar-refractivity contribution in [3.8, 4) is 0 Å². The molecule has 6 nitrogen and oxygen atoms in total. The van der Waals surface area contributed by atoms with Crippen LogP contribution in [0.1, 0.15) is 47.3 Å². The van der Waals surface area contributed by atoms with Crippen molar-refractivity contribution in [1.82, 2.24) is 14.5 Å². The van der Waals surface area contributed by atoms with Crippen molar-refractivity contribution < 1.29 is 13.2 Å². The van der Waals surface area contributed by atoms with Crippen molar-refractivity contribution in [3.05, 3.63) is 52.2 Å². The maximum Gasteiger partial charge on any atom is 0.263 e. The lowest BCUT2D eigenvalue weighted by Crippen LogP contribution is -2.47. The number of hydrogen-bond donors (Lipinski definition) is 1. The Bertz CT molecular complexity index is 953. The van der Waals surface area contributed by atoms with Gasteiger partial charge in [-0.15, -0.1) is 11.3 Å². The molecular formula is C22H29N3O3S2. The standard InChI is InChI=1S/C22H29N3O3S2/c26-22(21-20(11-15-29-21)30(27,28)25-13-5-2-6-14-25)23-19-10-7-12-24(17-19)16-18-8-3-1-4-9-18/h1,3-4,8-9,11,15,19H,2,5-7,10,12-14,16-17H2,(H,23,26). The Morgan fingerprint density at radius 2 is 1.80 bits per heavy atom. The molecule has 2 saturated heterocycles. The van der Waals surface area contributed by atoms with Gasteiger partial charge in [-0.2, -0.15) is 4.31 Å². The quantitative estimate of drug-likeness (QED) is 0.738. The van der Waals surface area contributed by atoms with Crippen molar-refractivity contribution >= 4 is 27.3 Å². The highest BCUT2D eigenvalue weighted by molar-refractivity contribution is 7.89. The fraction of sp³-hybridized carbons (Fsp3) is 0.500. The topological polar surface area (TPSA) is 69.7 Å². The Morgan fingerprint density at radius 3 is 2.57 bits per heavy atom. The Kier molecular flexibility index (Phi) is 6.87. The van der Waals surface area contributed by atoms with E-state index >= 15 is 0 Å². The van der Waals surface area contributed by atoms with Gasteiger partial charge in [0.2, 0.25) is 10.0 Å². The molecular weight excluding hydrogens is 418 g/mol. The van der Waals surface area contributed by atoms with E-state index < -0.39 is 10.0 Å². The van der Waals surface area contributed by atoms with Gasteiger partial charge in [-0.05, 0) is 49.2 Å². The Labute approximate surface area is 182 Å². The van der Waals surface area contributed by atoms with Gasteiger partial charge in [0.05, 0.1) is 0 Å². The molecule has 1 aromatic heterocycles. The minimum Gasteiger partial charge on any atom is -0.347 e. The highest BCUT2D eigenvalue weighted by atomic mass is 32.2. The van der Waals surface area contributed by atoms with Gasteiger partial charge in [0.1, 0.15) is 9.77 Å². The van der Waals surface area contributed by atoms with Crippen LogP contribution in [0, 0.1) is 0 Å². The van der Waals surface area contributed by atoms with Crippen LogP contribution in [0.4, 0.5) is 0 Å². The highest BCUT2D eigenvalue weighted by Gasteiger charge is 2.32. The molecule has 1 unspecified atom stereocenters. The van der Waals surface area contributed by atoms with Crippen molar-refractivity contribution in [2.24, 2.45) is 0 Å². The normalized spacial score (nSPS) is 21.4. The zero-order chi connectivity index (χ0) is 21.0. The lowest BCUT2D eigenvalue weighted by Gasteiger charge is -2.33. The number of piperidine rings is 2. The number of sulfonamides is 1. The molecule has 8 heteroatoms. The molecule has 2 fully saturated rings. The first-order valence-corrected chi connectivity index (χ1v) is 13.0. The van der Waals surface area contributed by atoms with E-state index in [1.807, 2.05) is 18.2 Å². The Hall–Kier alpha value is -1.74. The number of thiophene rings is 1. The second-order valence-corrected chi connectivity index (χ2v) is 10.9. The summed E-state index contributed by atoms with van der Waals surface area (Å²) >= 11 is 1.21. The number of amides is 1. The van der Waals surface area contributed by atoms with Crippen molar-refractivity contribution in [3.63, 3.8) is 0 Å². The van der Waals surface area contributed by atoms with Crippen LogP contribution in [0.5, 0.6) is 0 Å². The minimum atomic E-state index is -3.61. The molecule has 4 rings (SSSR count). The fourth-order valence-electron chi connectivity index (χ4n) is 4.32. The molecule has 1 N–H and O–H groups in total. The molecule has 2 aliphatic rings. The van der Waals surface area contributed by atoms with Crippen LogP contribution in [0.2, 0.25) is 0 Å². The van der Waals surface area contributed by atoms with E-state index in [4.69, 9.17) is 0 Å². The number of hydrogen-bond acceptors (Lipinski definition) is 5. The van der Waals surface area contributed by atoms with Gasteiger partial charge >= 0.3 is 0 Å². The average Bonchev–Trinajstić information content (AvgIpc) is 3.27. The summed E-state index contributed by atoms with van der Waals surface area (Å²) in [7, 11) is -3.61. The van der Waals surface area contributed by atoms with Gasteiger partial charge in [-0.25, -0.2) is 8.42 Å². The molecule has 1 aromatic carbocycles. The summed E-state index contributed by atoms with van der Waals surface area (Å²) in [4.78, 5) is 15.8. The molecule has 0 bridgehead atoms. The predicted molar refractivity (Wildman–Crippen MR) is 119 cm³/mol. The summed E-state index contributed by atoms with van der Waals surface area (Å²) in [6, 6.07) is 11.9. The fourth-order valence-corrected chi connectivity index (χ4v) is 7.14. The first kappa shape index (κ1) is 21.5. The van der Waals surface area contributed by atoms with E-state index in [0.717, 1.165) is 51.7 Å². The van der Waals surface area contributed by atoms with Gasteiger partial charge in [0.15, 0.2) is 0 Å². The summed E-state index contributed by atoms with van der Waals surface area (Å²) in [5.74, 6) is -0.271. The third-order valence-corrected chi connectivity index (χ3v) is 8.84. The lowest BCUT2D eigenvalue weighted by molar-refractivity contribution is 0.0901. The largest absolute Gasteiger partial charge is 0.347 e. The van der Waals surface area contributed by atoms with Crippen LogP contribution in [-0.4, -0.2) is 55.8 Å². The zero-order valence-corrected chi connectivity index (χ0v) is 18.8. The lowest BCUT2D eigenvalue weighted by atomic mass is 10.0. The molecule has 0 saturated carbocycles. The smallest absolute Gasteiger partial charge is 0.263 e. The average molecular weight is 448 g/mol. The molecule has 3 heterocycles. The number of likely N-dealkylation sites (tertiary alicyclic amines) is 1. The SMILES string of the molecule is O=C(NC1CCCN(Cc2ccccc2)C1)c1sccc1S(=O)(=O)N1CCCCC1. The second kappa shape index (κ2) is 9.60. The van der Waals surface area contributed by atoms with E-state index in [-0.39, 0.29) is 16.8 Å². The van der Waals surface area contributed by atoms with E-state index in [1.165, 1.54) is 21.2 Å². The van der Waals surface area contributed by atoms with Crippen molar-refractivity contribution in [1.29, 1.82) is 0 Å². The van der Waals surface area contributed by atoms with Crippen LogP contribution in [-0.2, 0) is 16.6 Å². The number of benzene rings is 1. The monoisotopic (exact) mass is 447 g/mol. The molecule has 0 radical (unpaired) electrons. The number of nitrogens with one attached hydrogen (secondary N) is 1. The minimum absolute atomic E-state index is 0.0302. The number of rotatable bonds is 6. The zero-order valence-electron chi connectivity index (χ0n) is 17.1. The maximum absolute atomic E-state index is 13.1. The van der Waals surface area contributed by atoms with Gasteiger partial charge in [-0.3, -0.25) is 9.69 Å². The number of carbonyl (C=O) groups is 1. The van der Waals surface area contributed by atoms with E-state index in [9.17, 15) is 13.2 Å². The molecule has 2 aliphatic heterocycles. The van der Waals surface area contributed by atoms with Crippen LogP contribution in [0.15, 0.2) is 46.7 Å². The molecule has 0 aliphatic carbocycles. The summed E-state index contributed by atoms with van der Waals surface area (Å²) in [5.41, 5.74) is 1.26. The predicted octanol–water partition coefficient (Wildman–Crippen LogP) is 3.32. The molecule has 1 amide bonds. The molecule has 1 atom stereocenters. The Morgan fingerprint density at radius 1 is 1.03 bits per heavy atom. The third kappa shape index (κ3) is 4.94. The number of nitrogens with zero attached hydrogens (tertiary/aromatic N) is 2. The van der Waals surface area contributed by atoms with Gasteiger partial charge in [0, 0.05) is 32.2 Å². The summed E-state index contributed by atoms with van der Waals surface area (Å²) < 4.78 is 27.7. The first-order chi connectivity index (χ1) is 14.5. The second-order valence-electron chi connectivity index (χ2n) is 8.11. The highest BCUT2D eigenvalue weighted by Crippen LogP contribution is 2.27. The molecule has 0 spiro atoms. The summed E-state index contributed by atoms with van der Waals surface area (Å²) in [6.45, 7) is 3.72. The molecule has 2 aromatic rings. The molecule has 162 valence electrons. The van der Waals surface area contributed by atoms with Crippen LogP contribution in [0.25, 0.3) is 0 Å².